The Labute approximate surface area is 99.4 Å². The summed E-state index contributed by atoms with van der Waals surface area (Å²) in [5.41, 5.74) is 0. The number of aromatic nitrogens is 3. The zero-order valence-electron chi connectivity index (χ0n) is 9.96. The van der Waals surface area contributed by atoms with Crippen LogP contribution in [0, 0.1) is 0 Å². The van der Waals surface area contributed by atoms with Crippen LogP contribution in [0.2, 0.25) is 0 Å². The monoisotopic (exact) mass is 240 g/mol. The minimum Gasteiger partial charge on any atom is -0.467 e. The average molecular weight is 240 g/mol. The standard InChI is InChI=1S/C10H16N4O3/c1-16-9-11-8(12-10(13-9)17-2)14-5-3-4-7(14)6-15/h7,15H,3-6H2,1-2H3. The lowest BCUT2D eigenvalue weighted by atomic mass is 10.2. The molecule has 0 radical (unpaired) electrons. The molecule has 2 heterocycles. The zero-order valence-corrected chi connectivity index (χ0v) is 9.96. The lowest BCUT2D eigenvalue weighted by molar-refractivity contribution is 0.264. The Hall–Kier alpha value is -1.63. The number of hydrogen-bond acceptors (Lipinski definition) is 7. The predicted octanol–water partition coefficient (Wildman–Crippen LogP) is -0.150. The largest absolute Gasteiger partial charge is 0.467 e. The van der Waals surface area contributed by atoms with Gasteiger partial charge in [0, 0.05) is 6.54 Å². The highest BCUT2D eigenvalue weighted by Gasteiger charge is 2.27. The fourth-order valence-electron chi connectivity index (χ4n) is 1.93. The number of methoxy groups -OCH3 is 2. The van der Waals surface area contributed by atoms with Gasteiger partial charge in [-0.15, -0.1) is 4.98 Å². The molecule has 0 spiro atoms. The maximum atomic E-state index is 9.28. The van der Waals surface area contributed by atoms with Crippen LogP contribution in [0.1, 0.15) is 12.8 Å². The second kappa shape index (κ2) is 5.13. The van der Waals surface area contributed by atoms with Crippen LogP contribution in [0.25, 0.3) is 0 Å². The number of nitrogens with zero attached hydrogens (tertiary/aromatic N) is 4. The smallest absolute Gasteiger partial charge is 0.324 e. The van der Waals surface area contributed by atoms with Gasteiger partial charge in [0.2, 0.25) is 5.95 Å². The highest BCUT2D eigenvalue weighted by Crippen LogP contribution is 2.24. The van der Waals surface area contributed by atoms with E-state index in [1.54, 1.807) is 0 Å². The van der Waals surface area contributed by atoms with Gasteiger partial charge in [-0.1, -0.05) is 0 Å². The molecule has 0 bridgehead atoms. The van der Waals surface area contributed by atoms with Gasteiger partial charge in [0.25, 0.3) is 0 Å². The van der Waals surface area contributed by atoms with Crippen molar-refractivity contribution in [3.05, 3.63) is 0 Å². The summed E-state index contributed by atoms with van der Waals surface area (Å²) in [6, 6.07) is 0.498. The van der Waals surface area contributed by atoms with Gasteiger partial charge >= 0.3 is 12.0 Å². The molecular weight excluding hydrogens is 224 g/mol. The second-order valence-electron chi connectivity index (χ2n) is 3.78. The molecule has 7 heteroatoms. The van der Waals surface area contributed by atoms with Crippen LogP contribution in [0.5, 0.6) is 12.0 Å². The van der Waals surface area contributed by atoms with Crippen molar-refractivity contribution in [2.24, 2.45) is 0 Å². The number of aliphatic hydroxyl groups is 1. The molecule has 1 aromatic rings. The van der Waals surface area contributed by atoms with Crippen molar-refractivity contribution in [3.63, 3.8) is 0 Å². The van der Waals surface area contributed by atoms with Gasteiger partial charge in [0.05, 0.1) is 26.9 Å². The SMILES string of the molecule is COc1nc(OC)nc(N2CCCC2CO)n1. The Morgan fingerprint density at radius 3 is 2.41 bits per heavy atom. The van der Waals surface area contributed by atoms with E-state index in [0.29, 0.717) is 5.95 Å². The van der Waals surface area contributed by atoms with Gasteiger partial charge in [0.1, 0.15) is 0 Å². The van der Waals surface area contributed by atoms with E-state index in [2.05, 4.69) is 15.0 Å². The summed E-state index contributed by atoms with van der Waals surface area (Å²) >= 11 is 0. The molecule has 1 fully saturated rings. The summed E-state index contributed by atoms with van der Waals surface area (Å²) in [6.07, 6.45) is 1.95. The first-order valence-corrected chi connectivity index (χ1v) is 5.50. The average Bonchev–Trinajstić information content (AvgIpc) is 2.86. The van der Waals surface area contributed by atoms with Gasteiger partial charge in [-0.2, -0.15) is 9.97 Å². The van der Waals surface area contributed by atoms with Crippen molar-refractivity contribution in [1.29, 1.82) is 0 Å². The Morgan fingerprint density at radius 2 is 1.88 bits per heavy atom. The Bertz CT molecular complexity index is 366. The number of rotatable bonds is 4. The van der Waals surface area contributed by atoms with E-state index in [0.717, 1.165) is 19.4 Å². The summed E-state index contributed by atoms with van der Waals surface area (Å²) in [5, 5.41) is 9.28. The molecule has 1 unspecified atom stereocenters. The first-order chi connectivity index (χ1) is 8.28. The Morgan fingerprint density at radius 1 is 1.24 bits per heavy atom. The van der Waals surface area contributed by atoms with E-state index < -0.39 is 0 Å². The molecule has 7 nitrogen and oxygen atoms in total. The zero-order chi connectivity index (χ0) is 12.3. The minimum absolute atomic E-state index is 0.0619. The van der Waals surface area contributed by atoms with Crippen molar-refractivity contribution in [1.82, 2.24) is 15.0 Å². The third-order valence-corrected chi connectivity index (χ3v) is 2.79. The van der Waals surface area contributed by atoms with Gasteiger partial charge in [-0.25, -0.2) is 0 Å². The summed E-state index contributed by atoms with van der Waals surface area (Å²) in [6.45, 7) is 0.915. The summed E-state index contributed by atoms with van der Waals surface area (Å²) in [5.74, 6) is 0.491. The molecular formula is C10H16N4O3. The molecule has 17 heavy (non-hydrogen) atoms. The maximum Gasteiger partial charge on any atom is 0.324 e. The topological polar surface area (TPSA) is 80.6 Å². The molecule has 1 atom stereocenters. The lowest BCUT2D eigenvalue weighted by Crippen LogP contribution is -2.33. The highest BCUT2D eigenvalue weighted by molar-refractivity contribution is 5.35. The van der Waals surface area contributed by atoms with Crippen molar-refractivity contribution < 1.29 is 14.6 Å². The minimum atomic E-state index is 0.0619. The van der Waals surface area contributed by atoms with Crippen molar-refractivity contribution in [3.8, 4) is 12.0 Å². The number of anilines is 1. The van der Waals surface area contributed by atoms with E-state index in [1.165, 1.54) is 14.2 Å². The van der Waals surface area contributed by atoms with Gasteiger partial charge < -0.3 is 19.5 Å². The molecule has 0 amide bonds. The van der Waals surface area contributed by atoms with Crippen LogP contribution in [-0.2, 0) is 0 Å². The van der Waals surface area contributed by atoms with E-state index >= 15 is 0 Å². The quantitative estimate of drug-likeness (QED) is 0.783. The maximum absolute atomic E-state index is 9.28. The molecule has 0 aromatic carbocycles. The highest BCUT2D eigenvalue weighted by atomic mass is 16.5. The first-order valence-electron chi connectivity index (χ1n) is 5.50. The molecule has 1 aliphatic heterocycles. The summed E-state index contributed by atoms with van der Waals surface area (Å²) < 4.78 is 9.99. The van der Waals surface area contributed by atoms with Crippen molar-refractivity contribution in [2.75, 3.05) is 32.3 Å². The lowest BCUT2D eigenvalue weighted by Gasteiger charge is -2.22. The first kappa shape index (κ1) is 11.8. The molecule has 1 aliphatic rings. The number of ether oxygens (including phenoxy) is 2. The molecule has 94 valence electrons. The van der Waals surface area contributed by atoms with Crippen LogP contribution in [0.3, 0.4) is 0 Å². The van der Waals surface area contributed by atoms with Crippen molar-refractivity contribution in [2.45, 2.75) is 18.9 Å². The molecule has 1 N–H and O–H groups in total. The van der Waals surface area contributed by atoms with Gasteiger partial charge in [-0.05, 0) is 12.8 Å². The van der Waals surface area contributed by atoms with Crippen LogP contribution >= 0.6 is 0 Å². The van der Waals surface area contributed by atoms with Crippen molar-refractivity contribution >= 4 is 5.95 Å². The van der Waals surface area contributed by atoms with E-state index in [4.69, 9.17) is 9.47 Å². The molecule has 1 saturated heterocycles. The van der Waals surface area contributed by atoms with Gasteiger partial charge in [0.15, 0.2) is 0 Å². The second-order valence-corrected chi connectivity index (χ2v) is 3.78. The van der Waals surface area contributed by atoms with Crippen LogP contribution < -0.4 is 14.4 Å². The predicted molar refractivity (Wildman–Crippen MR) is 60.4 cm³/mol. The molecule has 1 aromatic heterocycles. The number of aliphatic hydroxyl groups excluding tert-OH is 1. The molecule has 0 aliphatic carbocycles. The fraction of sp³-hybridized carbons (Fsp3) is 0.700. The van der Waals surface area contributed by atoms with E-state index in [-0.39, 0.29) is 24.7 Å². The third kappa shape index (κ3) is 2.38. The summed E-state index contributed by atoms with van der Waals surface area (Å²) in [4.78, 5) is 14.2. The molecule has 0 saturated carbocycles. The summed E-state index contributed by atoms with van der Waals surface area (Å²) in [7, 11) is 2.98. The van der Waals surface area contributed by atoms with Crippen LogP contribution in [0.4, 0.5) is 5.95 Å². The van der Waals surface area contributed by atoms with Gasteiger partial charge in [-0.3, -0.25) is 0 Å². The third-order valence-electron chi connectivity index (χ3n) is 2.79. The van der Waals surface area contributed by atoms with E-state index in [1.807, 2.05) is 4.90 Å². The van der Waals surface area contributed by atoms with Crippen LogP contribution in [-0.4, -0.2) is 53.5 Å². The Kier molecular flexibility index (Phi) is 3.58. The number of hydrogen-bond donors (Lipinski definition) is 1. The molecule has 2 rings (SSSR count). The fourth-order valence-corrected chi connectivity index (χ4v) is 1.93. The normalized spacial score (nSPS) is 19.5. The van der Waals surface area contributed by atoms with E-state index in [9.17, 15) is 5.11 Å². The Balaban J connectivity index is 2.30. The van der Waals surface area contributed by atoms with Crippen LogP contribution in [0.15, 0.2) is 0 Å².